The third-order valence-electron chi connectivity index (χ3n) is 5.91. The highest BCUT2D eigenvalue weighted by atomic mass is 32.1. The lowest BCUT2D eigenvalue weighted by molar-refractivity contribution is -0.147. The van der Waals surface area contributed by atoms with Gasteiger partial charge >= 0.3 is 5.97 Å². The van der Waals surface area contributed by atoms with E-state index in [1.54, 1.807) is 22.7 Å². The Bertz CT molecular complexity index is 886. The molecule has 0 bridgehead atoms. The van der Waals surface area contributed by atoms with Gasteiger partial charge in [-0.15, -0.1) is 22.7 Å². The summed E-state index contributed by atoms with van der Waals surface area (Å²) in [4.78, 5) is 30.7. The Morgan fingerprint density at radius 3 is 2.57 bits per heavy atom. The molecule has 5 nitrogen and oxygen atoms in total. The smallest absolute Gasteiger partial charge is 0.307 e. The number of fused-ring (bicyclic) bond motifs is 1. The lowest BCUT2D eigenvalue weighted by Crippen LogP contribution is -2.35. The summed E-state index contributed by atoms with van der Waals surface area (Å²) in [7, 11) is 0. The third kappa shape index (κ3) is 3.87. The first-order valence-corrected chi connectivity index (χ1v) is 11.8. The van der Waals surface area contributed by atoms with E-state index in [0.717, 1.165) is 53.4 Å². The van der Waals surface area contributed by atoms with E-state index >= 15 is 0 Å². The van der Waals surface area contributed by atoms with Crippen LogP contribution >= 0.6 is 22.7 Å². The largest absolute Gasteiger partial charge is 0.481 e. The number of anilines is 1. The molecule has 0 radical (unpaired) electrons. The summed E-state index contributed by atoms with van der Waals surface area (Å²) < 4.78 is 0. The van der Waals surface area contributed by atoms with Crippen LogP contribution in [0.25, 0.3) is 10.6 Å². The summed E-state index contributed by atoms with van der Waals surface area (Å²) in [6.45, 7) is 1.99. The second-order valence-electron chi connectivity index (χ2n) is 7.89. The molecule has 0 aliphatic heterocycles. The van der Waals surface area contributed by atoms with Gasteiger partial charge in [0.25, 0.3) is 0 Å². The molecule has 2 atom stereocenters. The van der Waals surface area contributed by atoms with Crippen LogP contribution in [0.2, 0.25) is 0 Å². The Balaban J connectivity index is 1.67. The van der Waals surface area contributed by atoms with Gasteiger partial charge in [0.05, 0.1) is 11.8 Å². The van der Waals surface area contributed by atoms with E-state index in [1.807, 2.05) is 12.3 Å². The van der Waals surface area contributed by atoms with E-state index in [0.29, 0.717) is 12.8 Å². The summed E-state index contributed by atoms with van der Waals surface area (Å²) in [6, 6.07) is 0. The van der Waals surface area contributed by atoms with Gasteiger partial charge in [-0.2, -0.15) is 0 Å². The van der Waals surface area contributed by atoms with Crippen molar-refractivity contribution >= 4 is 39.6 Å². The molecule has 7 heteroatoms. The molecule has 2 N–H and O–H groups in total. The quantitative estimate of drug-likeness (QED) is 0.662. The van der Waals surface area contributed by atoms with Gasteiger partial charge in [-0.25, -0.2) is 4.98 Å². The summed E-state index contributed by atoms with van der Waals surface area (Å²) in [6.07, 6.45) is 8.71. The lowest BCUT2D eigenvalue weighted by Gasteiger charge is -2.27. The first kappa shape index (κ1) is 19.6. The van der Waals surface area contributed by atoms with Crippen LogP contribution in [0, 0.1) is 18.8 Å². The van der Waals surface area contributed by atoms with Gasteiger partial charge in [0.2, 0.25) is 5.91 Å². The molecule has 0 saturated heterocycles. The minimum absolute atomic E-state index is 0.141. The SMILES string of the molecule is Cc1csc(-c2c(NC(=O)[C@@H]3CCCC[C@H]3C(=O)O)sc3c2CCCCC3)n1. The minimum atomic E-state index is -0.849. The van der Waals surface area contributed by atoms with Crippen molar-refractivity contribution in [3.8, 4) is 10.6 Å². The number of rotatable bonds is 4. The van der Waals surface area contributed by atoms with Crippen molar-refractivity contribution in [2.45, 2.75) is 64.7 Å². The Morgan fingerprint density at radius 1 is 1.11 bits per heavy atom. The zero-order valence-electron chi connectivity index (χ0n) is 16.1. The van der Waals surface area contributed by atoms with Crippen LogP contribution in [-0.2, 0) is 22.4 Å². The monoisotopic (exact) mass is 418 g/mol. The molecule has 2 aliphatic carbocycles. The van der Waals surface area contributed by atoms with Crippen LogP contribution in [0.15, 0.2) is 5.38 Å². The van der Waals surface area contributed by atoms with Gasteiger partial charge in [0, 0.05) is 21.5 Å². The molecule has 1 amide bonds. The summed E-state index contributed by atoms with van der Waals surface area (Å²) in [5.74, 6) is -2.01. The molecule has 28 heavy (non-hydrogen) atoms. The summed E-state index contributed by atoms with van der Waals surface area (Å²) in [5.41, 5.74) is 3.41. The summed E-state index contributed by atoms with van der Waals surface area (Å²) in [5, 5.41) is 16.5. The molecule has 0 unspecified atom stereocenters. The van der Waals surface area contributed by atoms with Crippen LogP contribution < -0.4 is 5.32 Å². The average molecular weight is 419 g/mol. The number of nitrogens with one attached hydrogen (secondary N) is 1. The number of thiophene rings is 1. The topological polar surface area (TPSA) is 79.3 Å². The van der Waals surface area contributed by atoms with Crippen molar-refractivity contribution in [2.75, 3.05) is 5.32 Å². The Morgan fingerprint density at radius 2 is 1.86 bits per heavy atom. The molecule has 2 aliphatic rings. The highest BCUT2D eigenvalue weighted by Gasteiger charge is 2.36. The van der Waals surface area contributed by atoms with E-state index in [9.17, 15) is 14.7 Å². The molecule has 150 valence electrons. The highest BCUT2D eigenvalue weighted by molar-refractivity contribution is 7.18. The van der Waals surface area contributed by atoms with Crippen LogP contribution in [0.5, 0.6) is 0 Å². The average Bonchev–Trinajstić information content (AvgIpc) is 3.16. The zero-order valence-corrected chi connectivity index (χ0v) is 17.8. The molecule has 0 aromatic carbocycles. The number of aliphatic carboxylic acids is 1. The fourth-order valence-electron chi connectivity index (χ4n) is 4.47. The number of carboxylic acids is 1. The van der Waals surface area contributed by atoms with Crippen LogP contribution in [0.3, 0.4) is 0 Å². The minimum Gasteiger partial charge on any atom is -0.481 e. The van der Waals surface area contributed by atoms with Crippen molar-refractivity contribution in [3.63, 3.8) is 0 Å². The molecular formula is C21H26N2O3S2. The van der Waals surface area contributed by atoms with Gasteiger partial charge in [-0.05, 0) is 51.0 Å². The fraction of sp³-hybridized carbons (Fsp3) is 0.571. The molecule has 2 heterocycles. The molecule has 2 aromatic rings. The van der Waals surface area contributed by atoms with Crippen molar-refractivity contribution in [3.05, 3.63) is 21.5 Å². The van der Waals surface area contributed by atoms with Crippen LogP contribution in [0.1, 0.15) is 61.1 Å². The van der Waals surface area contributed by atoms with E-state index in [1.165, 1.54) is 23.3 Å². The van der Waals surface area contributed by atoms with Crippen molar-refractivity contribution < 1.29 is 14.7 Å². The standard InChI is InChI=1S/C21H26N2O3S2/c1-12-11-27-19(22-12)17-15-9-3-2-4-10-16(15)28-20(17)23-18(24)13-7-5-6-8-14(13)21(25)26/h11,13-14H,2-10H2,1H3,(H,23,24)(H,25,26)/t13-,14-/m1/s1. The van der Waals surface area contributed by atoms with E-state index in [-0.39, 0.29) is 5.91 Å². The number of nitrogens with zero attached hydrogens (tertiary/aromatic N) is 1. The van der Waals surface area contributed by atoms with Gasteiger partial charge in [-0.3, -0.25) is 9.59 Å². The number of amides is 1. The fourth-order valence-corrected chi connectivity index (χ4v) is 6.70. The molecule has 1 fully saturated rings. The zero-order chi connectivity index (χ0) is 19.7. The second-order valence-corrected chi connectivity index (χ2v) is 9.85. The second kappa shape index (κ2) is 8.33. The van der Waals surface area contributed by atoms with E-state index in [2.05, 4.69) is 5.32 Å². The number of carboxylic acid groups (broad SMARTS) is 1. The maximum atomic E-state index is 13.1. The first-order valence-electron chi connectivity index (χ1n) is 10.2. The number of carbonyl (C=O) groups excluding carboxylic acids is 1. The third-order valence-corrected chi connectivity index (χ3v) is 8.10. The maximum Gasteiger partial charge on any atom is 0.307 e. The predicted octanol–water partition coefficient (Wildman–Crippen LogP) is 5.28. The van der Waals surface area contributed by atoms with E-state index in [4.69, 9.17) is 4.98 Å². The molecular weight excluding hydrogens is 392 g/mol. The van der Waals surface area contributed by atoms with E-state index < -0.39 is 17.8 Å². The number of hydrogen-bond donors (Lipinski definition) is 2. The van der Waals surface area contributed by atoms with Crippen LogP contribution in [0.4, 0.5) is 5.00 Å². The number of thiazole rings is 1. The number of hydrogen-bond acceptors (Lipinski definition) is 5. The number of aromatic nitrogens is 1. The van der Waals surface area contributed by atoms with Gasteiger partial charge < -0.3 is 10.4 Å². The summed E-state index contributed by atoms with van der Waals surface area (Å²) >= 11 is 3.29. The molecule has 4 rings (SSSR count). The van der Waals surface area contributed by atoms with Gasteiger partial charge in [0.1, 0.15) is 10.0 Å². The Labute approximate surface area is 173 Å². The van der Waals surface area contributed by atoms with Crippen molar-refractivity contribution in [1.82, 2.24) is 4.98 Å². The Hall–Kier alpha value is -1.73. The van der Waals surface area contributed by atoms with Crippen molar-refractivity contribution in [1.29, 1.82) is 0 Å². The first-order chi connectivity index (χ1) is 13.5. The lowest BCUT2D eigenvalue weighted by atomic mass is 9.79. The number of carbonyl (C=O) groups is 2. The van der Waals surface area contributed by atoms with Crippen LogP contribution in [-0.4, -0.2) is 22.0 Å². The van der Waals surface area contributed by atoms with Gasteiger partial charge in [0.15, 0.2) is 0 Å². The normalized spacial score (nSPS) is 22.3. The number of aryl methyl sites for hydroxylation is 2. The van der Waals surface area contributed by atoms with Gasteiger partial charge in [-0.1, -0.05) is 19.3 Å². The molecule has 0 spiro atoms. The molecule has 2 aromatic heterocycles. The predicted molar refractivity (Wildman–Crippen MR) is 113 cm³/mol. The maximum absolute atomic E-state index is 13.1. The molecule has 1 saturated carbocycles. The van der Waals surface area contributed by atoms with Crippen molar-refractivity contribution in [2.24, 2.45) is 11.8 Å². The Kier molecular flexibility index (Phi) is 5.83. The highest BCUT2D eigenvalue weighted by Crippen LogP contribution is 2.45.